The van der Waals surface area contributed by atoms with Crippen LogP contribution < -0.4 is 15.2 Å². The van der Waals surface area contributed by atoms with Crippen molar-refractivity contribution in [2.45, 2.75) is 57.0 Å². The summed E-state index contributed by atoms with van der Waals surface area (Å²) in [5, 5.41) is 2.22. The molecule has 5 rings (SSSR count). The van der Waals surface area contributed by atoms with Gasteiger partial charge in [0.15, 0.2) is 0 Å². The molecule has 1 heterocycles. The Bertz CT molecular complexity index is 1170. The summed E-state index contributed by atoms with van der Waals surface area (Å²) in [6.45, 7) is 2.13. The minimum absolute atomic E-state index is 0.109. The minimum atomic E-state index is -0.275. The third-order valence-corrected chi connectivity index (χ3v) is 7.19. The molecule has 3 aromatic rings. The first kappa shape index (κ1) is 19.9. The molecule has 160 valence electrons. The number of rotatable bonds is 5. The average Bonchev–Trinajstić information content (AvgIpc) is 2.76. The van der Waals surface area contributed by atoms with Crippen LogP contribution in [0.1, 0.15) is 53.9 Å². The summed E-state index contributed by atoms with van der Waals surface area (Å²) in [6.07, 6.45) is 5.33. The molecule has 1 saturated carbocycles. The van der Waals surface area contributed by atoms with Crippen LogP contribution in [0.3, 0.4) is 0 Å². The Morgan fingerprint density at radius 2 is 2.00 bits per heavy atom. The summed E-state index contributed by atoms with van der Waals surface area (Å²) in [5.41, 5.74) is 10.4. The number of nitrogens with two attached hydrogens (primary N) is 1. The number of carbonyl (C=O) groups excluding carboxylic acids is 1. The van der Waals surface area contributed by atoms with Crippen LogP contribution in [0, 0.1) is 6.92 Å². The predicted molar refractivity (Wildman–Crippen MR) is 123 cm³/mol. The van der Waals surface area contributed by atoms with Crippen molar-refractivity contribution in [1.82, 2.24) is 0 Å². The molecule has 4 heteroatoms. The van der Waals surface area contributed by atoms with Crippen LogP contribution in [0.5, 0.6) is 11.5 Å². The molecule has 0 radical (unpaired) electrons. The van der Waals surface area contributed by atoms with Crippen molar-refractivity contribution in [3.05, 3.63) is 70.8 Å². The van der Waals surface area contributed by atoms with Gasteiger partial charge in [-0.2, -0.15) is 0 Å². The molecule has 2 atom stereocenters. The van der Waals surface area contributed by atoms with Crippen LogP contribution in [0.25, 0.3) is 10.8 Å². The Kier molecular flexibility index (Phi) is 4.88. The average molecular weight is 416 g/mol. The van der Waals surface area contributed by atoms with E-state index in [9.17, 15) is 4.79 Å². The van der Waals surface area contributed by atoms with Crippen molar-refractivity contribution in [2.24, 2.45) is 5.73 Å². The smallest absolute Gasteiger partial charge is 0.217 e. The fourth-order valence-corrected chi connectivity index (χ4v) is 5.39. The van der Waals surface area contributed by atoms with Crippen molar-refractivity contribution in [3.63, 3.8) is 0 Å². The number of methoxy groups -OCH3 is 1. The molecule has 2 N–H and O–H groups in total. The zero-order valence-corrected chi connectivity index (χ0v) is 18.2. The van der Waals surface area contributed by atoms with Gasteiger partial charge in [0.2, 0.25) is 5.91 Å². The van der Waals surface area contributed by atoms with Gasteiger partial charge in [-0.3, -0.25) is 4.79 Å². The topological polar surface area (TPSA) is 61.5 Å². The summed E-state index contributed by atoms with van der Waals surface area (Å²) in [7, 11) is 1.70. The summed E-state index contributed by atoms with van der Waals surface area (Å²) in [5.74, 6) is 2.00. The van der Waals surface area contributed by atoms with Gasteiger partial charge in [-0.05, 0) is 73.2 Å². The second kappa shape index (κ2) is 7.60. The highest BCUT2D eigenvalue weighted by atomic mass is 16.5. The van der Waals surface area contributed by atoms with E-state index in [1.807, 2.05) is 6.07 Å². The Hall–Kier alpha value is -3.01. The standard InChI is InChI=1S/C27H29NO3/c1-17-3-8-24-20(15-17)11-13-27(31-24)14-12-23(27)19-4-7-21-22(16-19)18(6-10-26(28)29)5-9-25(21)30-2/h3-5,7-9,15-16,23H,6,10-14H2,1-2H3,(H2,28,29). The zero-order chi connectivity index (χ0) is 21.6. The van der Waals surface area contributed by atoms with Crippen LogP contribution >= 0.6 is 0 Å². The summed E-state index contributed by atoms with van der Waals surface area (Å²) >= 11 is 0. The summed E-state index contributed by atoms with van der Waals surface area (Å²) < 4.78 is 12.2. The largest absolute Gasteiger partial charge is 0.496 e. The number of hydrogen-bond donors (Lipinski definition) is 1. The van der Waals surface area contributed by atoms with E-state index in [2.05, 4.69) is 49.4 Å². The molecule has 0 bridgehead atoms. The molecule has 31 heavy (non-hydrogen) atoms. The van der Waals surface area contributed by atoms with Crippen molar-refractivity contribution >= 4 is 16.7 Å². The molecule has 1 amide bonds. The lowest BCUT2D eigenvalue weighted by Gasteiger charge is -2.52. The summed E-state index contributed by atoms with van der Waals surface area (Å²) in [4.78, 5) is 11.4. The fourth-order valence-electron chi connectivity index (χ4n) is 5.39. The number of ether oxygens (including phenoxy) is 2. The van der Waals surface area contributed by atoms with Crippen LogP contribution in [0.4, 0.5) is 0 Å². The molecule has 0 saturated heterocycles. The van der Waals surface area contributed by atoms with E-state index < -0.39 is 0 Å². The number of benzene rings is 3. The molecule has 4 nitrogen and oxygen atoms in total. The highest BCUT2D eigenvalue weighted by Crippen LogP contribution is 2.54. The number of hydrogen-bond acceptors (Lipinski definition) is 3. The van der Waals surface area contributed by atoms with E-state index in [0.29, 0.717) is 18.8 Å². The lowest BCUT2D eigenvalue weighted by Crippen LogP contribution is -2.52. The number of primary amides is 1. The van der Waals surface area contributed by atoms with Gasteiger partial charge in [-0.25, -0.2) is 0 Å². The van der Waals surface area contributed by atoms with Crippen molar-refractivity contribution in [1.29, 1.82) is 0 Å². The lowest BCUT2D eigenvalue weighted by molar-refractivity contribution is -0.117. The Labute approximate surface area is 183 Å². The molecule has 3 aromatic carbocycles. The van der Waals surface area contributed by atoms with Crippen molar-refractivity contribution in [3.8, 4) is 11.5 Å². The van der Waals surface area contributed by atoms with Crippen LogP contribution in [-0.4, -0.2) is 18.6 Å². The van der Waals surface area contributed by atoms with Crippen LogP contribution in [0.2, 0.25) is 0 Å². The van der Waals surface area contributed by atoms with Gasteiger partial charge < -0.3 is 15.2 Å². The highest BCUT2D eigenvalue weighted by molar-refractivity contribution is 5.92. The minimum Gasteiger partial charge on any atom is -0.496 e. The number of fused-ring (bicyclic) bond motifs is 2. The molecule has 1 fully saturated rings. The van der Waals surface area contributed by atoms with Gasteiger partial charge in [0, 0.05) is 17.7 Å². The molecule has 1 aliphatic carbocycles. The van der Waals surface area contributed by atoms with Crippen LogP contribution in [-0.2, 0) is 17.6 Å². The van der Waals surface area contributed by atoms with E-state index in [-0.39, 0.29) is 11.5 Å². The maximum atomic E-state index is 11.4. The maximum absolute atomic E-state index is 11.4. The van der Waals surface area contributed by atoms with Gasteiger partial charge in [-0.15, -0.1) is 0 Å². The normalized spacial score (nSPS) is 21.9. The number of aryl methyl sites for hydroxylation is 3. The predicted octanol–water partition coefficient (Wildman–Crippen LogP) is 5.22. The lowest BCUT2D eigenvalue weighted by atomic mass is 9.62. The molecule has 0 aromatic heterocycles. The molecular formula is C27H29NO3. The summed E-state index contributed by atoms with van der Waals surface area (Å²) in [6, 6.07) is 17.2. The Morgan fingerprint density at radius 3 is 2.74 bits per heavy atom. The second-order valence-electron chi connectivity index (χ2n) is 9.07. The van der Waals surface area contributed by atoms with E-state index in [1.54, 1.807) is 7.11 Å². The zero-order valence-electron chi connectivity index (χ0n) is 18.2. The second-order valence-corrected chi connectivity index (χ2v) is 9.07. The van der Waals surface area contributed by atoms with E-state index >= 15 is 0 Å². The number of amides is 1. The molecular weight excluding hydrogens is 386 g/mol. The van der Waals surface area contributed by atoms with E-state index in [0.717, 1.165) is 53.5 Å². The first-order valence-electron chi connectivity index (χ1n) is 11.2. The third-order valence-electron chi connectivity index (χ3n) is 7.19. The van der Waals surface area contributed by atoms with E-state index in [4.69, 9.17) is 15.2 Å². The Morgan fingerprint density at radius 1 is 1.13 bits per heavy atom. The maximum Gasteiger partial charge on any atom is 0.217 e. The molecule has 1 aliphatic heterocycles. The quantitative estimate of drug-likeness (QED) is 0.622. The fraction of sp³-hybridized carbons (Fsp3) is 0.370. The molecule has 1 spiro atoms. The molecule has 2 unspecified atom stereocenters. The molecule has 2 aliphatic rings. The van der Waals surface area contributed by atoms with Crippen molar-refractivity contribution in [2.75, 3.05) is 7.11 Å². The monoisotopic (exact) mass is 415 g/mol. The van der Waals surface area contributed by atoms with Crippen LogP contribution in [0.15, 0.2) is 48.5 Å². The highest BCUT2D eigenvalue weighted by Gasteiger charge is 2.51. The number of carbonyl (C=O) groups is 1. The first-order valence-corrected chi connectivity index (χ1v) is 11.2. The third kappa shape index (κ3) is 3.44. The van der Waals surface area contributed by atoms with Crippen molar-refractivity contribution < 1.29 is 14.3 Å². The first-order chi connectivity index (χ1) is 15.0. The SMILES string of the molecule is COc1ccc(CCC(N)=O)c2cc(C3CCC34CCc3cc(C)ccc3O4)ccc12. The van der Waals surface area contributed by atoms with Gasteiger partial charge >= 0.3 is 0 Å². The Balaban J connectivity index is 1.51. The van der Waals surface area contributed by atoms with Gasteiger partial charge in [0.25, 0.3) is 0 Å². The van der Waals surface area contributed by atoms with Gasteiger partial charge in [0.1, 0.15) is 17.1 Å². The van der Waals surface area contributed by atoms with Gasteiger partial charge in [-0.1, -0.05) is 42.0 Å². The van der Waals surface area contributed by atoms with Gasteiger partial charge in [0.05, 0.1) is 7.11 Å². The van der Waals surface area contributed by atoms with E-state index in [1.165, 1.54) is 16.7 Å².